The molecule has 0 bridgehead atoms. The Bertz CT molecular complexity index is 1720. The molecule has 0 saturated carbocycles. The molecule has 2 nitrogen and oxygen atoms in total. The first-order chi connectivity index (χ1) is 20.8. The molecule has 0 aliphatic carbocycles. The number of halogens is 1. The van der Waals surface area contributed by atoms with Crippen LogP contribution in [0.25, 0.3) is 10.9 Å². The third kappa shape index (κ3) is 5.49. The zero-order chi connectivity index (χ0) is 30.0. The second-order valence-corrected chi connectivity index (χ2v) is 16.9. The fraction of sp³-hybridized carbons (Fsp3) is 0.179. The number of fused-ring (bicyclic) bond motifs is 1. The van der Waals surface area contributed by atoms with Crippen molar-refractivity contribution in [3.05, 3.63) is 167 Å². The molecule has 43 heavy (non-hydrogen) atoms. The van der Waals surface area contributed by atoms with Gasteiger partial charge in [-0.05, 0) is 51.7 Å². The van der Waals surface area contributed by atoms with Crippen LogP contribution in [0, 0.1) is 6.07 Å². The van der Waals surface area contributed by atoms with Crippen LogP contribution in [-0.2, 0) is 4.43 Å². The van der Waals surface area contributed by atoms with Crippen LogP contribution in [0.2, 0.25) is 10.1 Å². The largest absolute Gasteiger partial charge is 0.399 e. The highest BCUT2D eigenvalue weighted by atomic mass is 35.5. The van der Waals surface area contributed by atoms with E-state index in [9.17, 15) is 0 Å². The second kappa shape index (κ2) is 12.0. The topological polar surface area (TPSA) is 14.2 Å². The molecule has 4 heteroatoms. The summed E-state index contributed by atoms with van der Waals surface area (Å²) >= 11 is 6.55. The number of nitrogens with zero attached hydrogens (tertiary/aromatic N) is 1. The number of rotatable bonds is 8. The molecule has 1 unspecified atom stereocenters. The van der Waals surface area contributed by atoms with E-state index in [2.05, 4.69) is 166 Å². The molecule has 6 rings (SSSR count). The summed E-state index contributed by atoms with van der Waals surface area (Å²) < 4.78 is 10.1. The van der Waals surface area contributed by atoms with Gasteiger partial charge in [0.2, 0.25) is 0 Å². The van der Waals surface area contributed by atoms with E-state index in [0.717, 1.165) is 16.6 Å². The summed E-state index contributed by atoms with van der Waals surface area (Å²) in [4.78, 5) is 0. The van der Waals surface area contributed by atoms with Crippen molar-refractivity contribution in [2.75, 3.05) is 0 Å². The minimum atomic E-state index is -2.83. The first-order valence-corrected chi connectivity index (χ1v) is 17.2. The lowest BCUT2D eigenvalue weighted by Gasteiger charge is -2.45. The summed E-state index contributed by atoms with van der Waals surface area (Å²) in [5.74, 6) is 0. The Balaban J connectivity index is 1.60. The summed E-state index contributed by atoms with van der Waals surface area (Å²) in [7, 11) is -2.83. The number of benzene rings is 5. The van der Waals surface area contributed by atoms with Gasteiger partial charge >= 0.3 is 0 Å². The van der Waals surface area contributed by atoms with E-state index in [1.165, 1.54) is 21.5 Å². The Kier molecular flexibility index (Phi) is 8.15. The predicted molar refractivity (Wildman–Crippen MR) is 183 cm³/mol. The highest BCUT2D eigenvalue weighted by molar-refractivity contribution is 6.99. The summed E-state index contributed by atoms with van der Waals surface area (Å²) in [5, 5.41) is 4.05. The van der Waals surface area contributed by atoms with Gasteiger partial charge in [0.05, 0.1) is 17.8 Å². The fourth-order valence-corrected chi connectivity index (χ4v) is 11.3. The second-order valence-electron chi connectivity index (χ2n) is 12.2. The molecule has 0 N–H and O–H groups in total. The molecular weight excluding hydrogens is 562 g/mol. The first-order valence-electron chi connectivity index (χ1n) is 14.9. The van der Waals surface area contributed by atoms with E-state index in [-0.39, 0.29) is 17.2 Å². The van der Waals surface area contributed by atoms with Crippen molar-refractivity contribution in [2.45, 2.75) is 44.9 Å². The molecule has 1 aromatic heterocycles. The van der Waals surface area contributed by atoms with Gasteiger partial charge in [-0.2, -0.15) is 0 Å². The molecule has 215 valence electrons. The van der Waals surface area contributed by atoms with Crippen LogP contribution in [0.4, 0.5) is 0 Å². The van der Waals surface area contributed by atoms with Crippen LogP contribution in [0.3, 0.4) is 0 Å². The van der Waals surface area contributed by atoms with Gasteiger partial charge in [0.15, 0.2) is 0 Å². The molecule has 5 aromatic carbocycles. The van der Waals surface area contributed by atoms with Crippen LogP contribution >= 0.6 is 11.6 Å². The molecule has 0 spiro atoms. The van der Waals surface area contributed by atoms with Gasteiger partial charge in [0.1, 0.15) is 0 Å². The Morgan fingerprint density at radius 1 is 0.674 bits per heavy atom. The summed E-state index contributed by atoms with van der Waals surface area (Å²) in [6, 6.07) is 52.9. The first kappa shape index (κ1) is 29.2. The molecule has 6 aromatic rings. The molecule has 0 aliphatic heterocycles. The van der Waals surface area contributed by atoms with E-state index in [1.54, 1.807) is 0 Å². The molecule has 1 atom stereocenters. The minimum absolute atomic E-state index is 0.0717. The maximum Gasteiger partial charge on any atom is 0.261 e. The molecule has 0 saturated heterocycles. The quantitative estimate of drug-likeness (QED) is 0.159. The van der Waals surface area contributed by atoms with E-state index >= 15 is 0 Å². The predicted octanol–water partition coefficient (Wildman–Crippen LogP) is 9.37. The Labute approximate surface area is 261 Å². The molecule has 1 radical (unpaired) electrons. The third-order valence-electron chi connectivity index (χ3n) is 8.38. The maximum absolute atomic E-state index is 7.64. The summed E-state index contributed by atoms with van der Waals surface area (Å²) in [5.41, 5.74) is 4.49. The zero-order valence-electron chi connectivity index (χ0n) is 25.2. The van der Waals surface area contributed by atoms with Crippen molar-refractivity contribution in [2.24, 2.45) is 0 Å². The number of hydrogen-bond acceptors (Lipinski definition) is 1. The van der Waals surface area contributed by atoms with Gasteiger partial charge in [0.25, 0.3) is 8.32 Å². The van der Waals surface area contributed by atoms with Crippen molar-refractivity contribution in [3.63, 3.8) is 0 Å². The van der Waals surface area contributed by atoms with Crippen molar-refractivity contribution in [1.82, 2.24) is 4.57 Å². The summed E-state index contributed by atoms with van der Waals surface area (Å²) in [6.45, 7) is 9.15. The lowest BCUT2D eigenvalue weighted by molar-refractivity contribution is 0.201. The van der Waals surface area contributed by atoms with Gasteiger partial charge < -0.3 is 8.99 Å². The van der Waals surface area contributed by atoms with E-state index < -0.39 is 8.32 Å². The Morgan fingerprint density at radius 2 is 1.14 bits per heavy atom. The molecule has 0 amide bonds. The van der Waals surface area contributed by atoms with E-state index in [0.29, 0.717) is 5.02 Å². The van der Waals surface area contributed by atoms with E-state index in [4.69, 9.17) is 16.0 Å². The normalized spacial score (nSPS) is 13.0. The van der Waals surface area contributed by atoms with Gasteiger partial charge in [-0.1, -0.05) is 154 Å². The summed E-state index contributed by atoms with van der Waals surface area (Å²) in [6.07, 6.45) is -0.271. The molecule has 0 fully saturated rings. The lowest BCUT2D eigenvalue weighted by atomic mass is 9.97. The zero-order valence-corrected chi connectivity index (χ0v) is 26.9. The van der Waals surface area contributed by atoms with Crippen LogP contribution in [-0.4, -0.2) is 12.9 Å². The average molecular weight is 599 g/mol. The Hall–Kier alpha value is -3.89. The highest BCUT2D eigenvalue weighted by Gasteiger charge is 2.51. The van der Waals surface area contributed by atoms with Crippen LogP contribution in [0.15, 0.2) is 140 Å². The maximum atomic E-state index is 7.64. The Morgan fingerprint density at radius 3 is 1.60 bits per heavy atom. The molecule has 0 aliphatic rings. The number of aromatic nitrogens is 1. The smallest absolute Gasteiger partial charge is 0.261 e. The van der Waals surface area contributed by atoms with Crippen LogP contribution < -0.4 is 10.4 Å². The van der Waals surface area contributed by atoms with Gasteiger partial charge in [0, 0.05) is 22.0 Å². The molecule has 1 heterocycles. The average Bonchev–Trinajstić information content (AvgIpc) is 3.39. The minimum Gasteiger partial charge on any atom is -0.399 e. The lowest BCUT2D eigenvalue weighted by Crippen LogP contribution is -2.66. The van der Waals surface area contributed by atoms with Gasteiger partial charge in [-0.15, -0.1) is 0 Å². The van der Waals surface area contributed by atoms with Crippen molar-refractivity contribution in [3.8, 4) is 0 Å². The van der Waals surface area contributed by atoms with Gasteiger partial charge in [-0.3, -0.25) is 0 Å². The van der Waals surface area contributed by atoms with Crippen LogP contribution in [0.5, 0.6) is 0 Å². The SMILES string of the molecule is CC(O[Si](c1ccccc1)(c1ccccc1)C(C)(C)C)c1[c]c2cc(Cl)ccc2n1C(c1ccccc1)c1ccccc1. The van der Waals surface area contributed by atoms with Crippen molar-refractivity contribution < 1.29 is 4.43 Å². The standard InChI is InChI=1S/C39H37ClNOSi/c1-29(42-43(39(2,3)4,34-21-13-7-14-22-34)35-23-15-8-16-24-35)37-28-32-27-33(40)25-26-36(32)41(37)38(30-17-9-5-10-18-30)31-19-11-6-12-20-31/h5-27,29,38H,1-4H3. The van der Waals surface area contributed by atoms with Gasteiger partial charge in [-0.25, -0.2) is 0 Å². The monoisotopic (exact) mass is 598 g/mol. The molecular formula is C39H37ClNOSi. The highest BCUT2D eigenvalue weighted by Crippen LogP contribution is 2.42. The third-order valence-corrected chi connectivity index (χ3v) is 13.7. The van der Waals surface area contributed by atoms with E-state index in [1.807, 2.05) is 12.1 Å². The van der Waals surface area contributed by atoms with Crippen molar-refractivity contribution >= 4 is 41.2 Å². The van der Waals surface area contributed by atoms with Crippen molar-refractivity contribution in [1.29, 1.82) is 0 Å². The number of hydrogen-bond donors (Lipinski definition) is 0. The fourth-order valence-electron chi connectivity index (χ4n) is 6.50. The van der Waals surface area contributed by atoms with Crippen LogP contribution in [0.1, 0.15) is 56.7 Å².